The third-order valence-electron chi connectivity index (χ3n) is 3.72. The first-order valence-corrected chi connectivity index (χ1v) is 7.55. The molecule has 0 bridgehead atoms. The summed E-state index contributed by atoms with van der Waals surface area (Å²) in [5.41, 5.74) is 2.28. The quantitative estimate of drug-likeness (QED) is 0.406. The molecule has 1 aromatic carbocycles. The average Bonchev–Trinajstić information content (AvgIpc) is 3.29. The summed E-state index contributed by atoms with van der Waals surface area (Å²) in [7, 11) is 0. The highest BCUT2D eigenvalue weighted by Crippen LogP contribution is 2.27. The molecule has 0 N–H and O–H groups in total. The Morgan fingerprint density at radius 3 is 2.73 bits per heavy atom. The van der Waals surface area contributed by atoms with Crippen LogP contribution in [0, 0.1) is 17.0 Å². The van der Waals surface area contributed by atoms with E-state index in [-0.39, 0.29) is 17.5 Å². The van der Waals surface area contributed by atoms with E-state index in [4.69, 9.17) is 4.42 Å². The van der Waals surface area contributed by atoms with Gasteiger partial charge in [0.25, 0.3) is 11.6 Å². The smallest absolute Gasteiger partial charge is 0.270 e. The molecule has 26 heavy (non-hydrogen) atoms. The fourth-order valence-corrected chi connectivity index (χ4v) is 2.44. The number of pyridine rings is 1. The van der Waals surface area contributed by atoms with E-state index < -0.39 is 4.92 Å². The van der Waals surface area contributed by atoms with E-state index in [1.54, 1.807) is 35.3 Å². The van der Waals surface area contributed by atoms with Gasteiger partial charge in [-0.05, 0) is 25.1 Å². The lowest BCUT2D eigenvalue weighted by Gasteiger charge is -2.01. The minimum Gasteiger partial charge on any atom is -0.414 e. The van der Waals surface area contributed by atoms with Gasteiger partial charge in [-0.2, -0.15) is 0 Å². The zero-order valence-corrected chi connectivity index (χ0v) is 13.5. The van der Waals surface area contributed by atoms with Crippen molar-refractivity contribution < 1.29 is 9.34 Å². The topological polar surface area (TPSA) is 126 Å². The zero-order chi connectivity index (χ0) is 18.1. The van der Waals surface area contributed by atoms with Gasteiger partial charge in [0.15, 0.2) is 5.69 Å². The number of benzene rings is 1. The number of hydrogen-bond acceptors (Lipinski definition) is 8. The van der Waals surface area contributed by atoms with Gasteiger partial charge >= 0.3 is 0 Å². The molecule has 0 radical (unpaired) electrons. The summed E-state index contributed by atoms with van der Waals surface area (Å²) in [5.74, 6) is 0.346. The van der Waals surface area contributed by atoms with Crippen molar-refractivity contribution in [3.05, 3.63) is 64.6 Å². The molecule has 10 nitrogen and oxygen atoms in total. The lowest BCUT2D eigenvalue weighted by Crippen LogP contribution is -1.99. The van der Waals surface area contributed by atoms with Crippen molar-refractivity contribution in [2.24, 2.45) is 0 Å². The molecule has 0 aliphatic rings. The van der Waals surface area contributed by atoms with Crippen LogP contribution >= 0.6 is 0 Å². The molecule has 3 heterocycles. The maximum Gasteiger partial charge on any atom is 0.270 e. The molecule has 4 rings (SSSR count). The molecule has 0 aliphatic carbocycles. The van der Waals surface area contributed by atoms with Crippen LogP contribution < -0.4 is 0 Å². The number of rotatable bonds is 4. The maximum atomic E-state index is 10.9. The monoisotopic (exact) mass is 349 g/mol. The van der Waals surface area contributed by atoms with Crippen molar-refractivity contribution in [2.75, 3.05) is 0 Å². The van der Waals surface area contributed by atoms with E-state index >= 15 is 0 Å². The first-order valence-electron chi connectivity index (χ1n) is 7.55. The zero-order valence-electron chi connectivity index (χ0n) is 13.5. The van der Waals surface area contributed by atoms with E-state index in [2.05, 4.69) is 25.5 Å². The van der Waals surface area contributed by atoms with Gasteiger partial charge in [0.2, 0.25) is 5.89 Å². The molecule has 3 aromatic heterocycles. The highest BCUT2D eigenvalue weighted by molar-refractivity contribution is 5.59. The van der Waals surface area contributed by atoms with Gasteiger partial charge in [-0.3, -0.25) is 15.1 Å². The number of nitro groups is 1. The SMILES string of the molecule is Cc1c(-c2nnc(-c3cccc([N+](=O)[O-])c3)o2)nnn1-c1cccnc1. The summed E-state index contributed by atoms with van der Waals surface area (Å²) < 4.78 is 7.25. The first kappa shape index (κ1) is 15.6. The highest BCUT2D eigenvalue weighted by Gasteiger charge is 2.19. The highest BCUT2D eigenvalue weighted by atomic mass is 16.6. The maximum absolute atomic E-state index is 10.9. The van der Waals surface area contributed by atoms with Crippen LogP contribution in [0.25, 0.3) is 28.7 Å². The molecule has 0 unspecified atom stereocenters. The van der Waals surface area contributed by atoms with Gasteiger partial charge < -0.3 is 4.42 Å². The molecule has 0 fully saturated rings. The molecule has 4 aromatic rings. The van der Waals surface area contributed by atoms with Crippen molar-refractivity contribution in [3.63, 3.8) is 0 Å². The van der Waals surface area contributed by atoms with Crippen LogP contribution in [0.15, 0.2) is 53.2 Å². The van der Waals surface area contributed by atoms with Crippen molar-refractivity contribution in [3.8, 4) is 28.7 Å². The molecular formula is C16H11N7O3. The Bertz CT molecular complexity index is 1090. The van der Waals surface area contributed by atoms with E-state index in [1.807, 2.05) is 13.0 Å². The fourth-order valence-electron chi connectivity index (χ4n) is 2.44. The van der Waals surface area contributed by atoms with Crippen molar-refractivity contribution in [1.29, 1.82) is 0 Å². The van der Waals surface area contributed by atoms with Crippen LogP contribution in [0.4, 0.5) is 5.69 Å². The molecule has 0 saturated heterocycles. The molecule has 0 saturated carbocycles. The second kappa shape index (κ2) is 6.16. The van der Waals surface area contributed by atoms with Crippen LogP contribution in [0.3, 0.4) is 0 Å². The summed E-state index contributed by atoms with van der Waals surface area (Å²) in [6.07, 6.45) is 3.33. The summed E-state index contributed by atoms with van der Waals surface area (Å²) in [5, 5.41) is 27.0. The molecule has 128 valence electrons. The van der Waals surface area contributed by atoms with Gasteiger partial charge in [0, 0.05) is 23.9 Å². The van der Waals surface area contributed by atoms with Gasteiger partial charge in [-0.25, -0.2) is 4.68 Å². The number of aromatic nitrogens is 6. The normalized spacial score (nSPS) is 10.8. The van der Waals surface area contributed by atoms with Crippen molar-refractivity contribution in [2.45, 2.75) is 6.92 Å². The summed E-state index contributed by atoms with van der Waals surface area (Å²) in [6, 6.07) is 9.62. The Morgan fingerprint density at radius 2 is 1.96 bits per heavy atom. The van der Waals surface area contributed by atoms with Gasteiger partial charge in [0.1, 0.15) is 0 Å². The molecule has 0 amide bonds. The van der Waals surface area contributed by atoms with Crippen LogP contribution in [0.2, 0.25) is 0 Å². The van der Waals surface area contributed by atoms with Crippen molar-refractivity contribution in [1.82, 2.24) is 30.2 Å². The Labute approximate surface area is 146 Å². The third kappa shape index (κ3) is 2.69. The summed E-state index contributed by atoms with van der Waals surface area (Å²) in [4.78, 5) is 14.5. The van der Waals surface area contributed by atoms with Gasteiger partial charge in [-0.15, -0.1) is 15.3 Å². The van der Waals surface area contributed by atoms with E-state index in [0.717, 1.165) is 5.69 Å². The van der Waals surface area contributed by atoms with Gasteiger partial charge in [0.05, 0.1) is 22.5 Å². The summed E-state index contributed by atoms with van der Waals surface area (Å²) in [6.45, 7) is 1.82. The second-order valence-electron chi connectivity index (χ2n) is 5.37. The van der Waals surface area contributed by atoms with E-state index in [1.165, 1.54) is 12.1 Å². The predicted molar refractivity (Wildman–Crippen MR) is 89.3 cm³/mol. The van der Waals surface area contributed by atoms with Crippen LogP contribution in [-0.4, -0.2) is 35.1 Å². The predicted octanol–water partition coefficient (Wildman–Crippen LogP) is 2.60. The molecular weight excluding hydrogens is 338 g/mol. The molecule has 10 heteroatoms. The molecule has 0 atom stereocenters. The Hall–Kier alpha value is -3.95. The largest absolute Gasteiger partial charge is 0.414 e. The third-order valence-corrected chi connectivity index (χ3v) is 3.72. The standard InChI is InChI=1S/C16H11N7O3/c1-10-14(18-21-22(10)13-6-3-7-17-9-13)16-20-19-15(26-16)11-4-2-5-12(8-11)23(24)25/h2-9H,1H3. The van der Waals surface area contributed by atoms with Crippen LogP contribution in [-0.2, 0) is 0 Å². The number of non-ortho nitro benzene ring substituents is 1. The van der Waals surface area contributed by atoms with E-state index in [9.17, 15) is 10.1 Å². The van der Waals surface area contributed by atoms with Crippen molar-refractivity contribution >= 4 is 5.69 Å². The first-order chi connectivity index (χ1) is 12.6. The molecule has 0 aliphatic heterocycles. The van der Waals surface area contributed by atoms with Crippen LogP contribution in [0.5, 0.6) is 0 Å². The van der Waals surface area contributed by atoms with Gasteiger partial charge in [-0.1, -0.05) is 11.3 Å². The Kier molecular flexibility index (Phi) is 3.69. The Balaban J connectivity index is 1.70. The average molecular weight is 349 g/mol. The summed E-state index contributed by atoms with van der Waals surface area (Å²) >= 11 is 0. The fraction of sp³-hybridized carbons (Fsp3) is 0.0625. The second-order valence-corrected chi connectivity index (χ2v) is 5.37. The lowest BCUT2D eigenvalue weighted by atomic mass is 10.2. The lowest BCUT2D eigenvalue weighted by molar-refractivity contribution is -0.384. The van der Waals surface area contributed by atoms with E-state index in [0.29, 0.717) is 17.0 Å². The minimum atomic E-state index is -0.482. The van der Waals surface area contributed by atoms with Crippen LogP contribution in [0.1, 0.15) is 5.69 Å². The number of nitro benzene ring substituents is 1. The number of hydrogen-bond donors (Lipinski definition) is 0. The molecule has 0 spiro atoms. The minimum absolute atomic E-state index is 0.0547. The number of nitrogens with zero attached hydrogens (tertiary/aromatic N) is 7. The Morgan fingerprint density at radius 1 is 1.12 bits per heavy atom.